The minimum Gasteiger partial charge on any atom is -0.490 e. The van der Waals surface area contributed by atoms with Gasteiger partial charge in [-0.3, -0.25) is 4.31 Å². The Labute approximate surface area is 236 Å². The van der Waals surface area contributed by atoms with Gasteiger partial charge in [0.05, 0.1) is 22.9 Å². The summed E-state index contributed by atoms with van der Waals surface area (Å²) in [6.07, 6.45) is -0.278. The summed E-state index contributed by atoms with van der Waals surface area (Å²) >= 11 is 6.42. The van der Waals surface area contributed by atoms with Crippen molar-refractivity contribution in [3.05, 3.63) is 77.3 Å². The highest BCUT2D eigenvalue weighted by Gasteiger charge is 2.41. The van der Waals surface area contributed by atoms with Gasteiger partial charge in [0.2, 0.25) is 0 Å². The number of alkyl halides is 2. The molecular formula is C28H29ClF2N2O6S. The van der Waals surface area contributed by atoms with Gasteiger partial charge >= 0.3 is 11.9 Å². The normalized spacial score (nSPS) is 15.4. The summed E-state index contributed by atoms with van der Waals surface area (Å²) in [6.45, 7) is 4.24. The maximum Gasteiger partial charge on any atom is 0.379 e. The standard InChI is InChI=1S/C28H29ClF2N2O6S/c1-18(2)15-33(20-8-6-7-19(13-20)28(30,31)27(34)35)40(36,37)26-12-11-21(14-23(26)29)38-17-22-16-32(3)24-9-4-5-10-25(24)39-22/h4-14,18,22H,15-17H2,1-3H3,(H,34,35)/t22-/m0/s1. The van der Waals surface area contributed by atoms with Gasteiger partial charge in [-0.05, 0) is 42.3 Å². The Morgan fingerprint density at radius 1 is 1.18 bits per heavy atom. The monoisotopic (exact) mass is 594 g/mol. The van der Waals surface area contributed by atoms with Crippen LogP contribution in [0.25, 0.3) is 0 Å². The van der Waals surface area contributed by atoms with E-state index in [1.807, 2.05) is 31.3 Å². The van der Waals surface area contributed by atoms with E-state index in [2.05, 4.69) is 4.90 Å². The number of para-hydroxylation sites is 2. The van der Waals surface area contributed by atoms with E-state index in [0.29, 0.717) is 12.3 Å². The molecule has 4 rings (SSSR count). The third-order valence-corrected chi connectivity index (χ3v) is 8.53. The number of likely N-dealkylation sites (N-methyl/N-ethyl adjacent to an activating group) is 1. The molecule has 0 spiro atoms. The van der Waals surface area contributed by atoms with E-state index in [9.17, 15) is 22.0 Å². The quantitative estimate of drug-likeness (QED) is 0.324. The summed E-state index contributed by atoms with van der Waals surface area (Å²) in [7, 11) is -2.38. The zero-order chi connectivity index (χ0) is 29.2. The van der Waals surface area contributed by atoms with Gasteiger partial charge in [-0.25, -0.2) is 13.2 Å². The Hall–Kier alpha value is -3.57. The van der Waals surface area contributed by atoms with Gasteiger partial charge in [-0.2, -0.15) is 8.78 Å². The van der Waals surface area contributed by atoms with E-state index in [4.69, 9.17) is 26.2 Å². The minimum absolute atomic E-state index is 0.0625. The molecule has 0 unspecified atom stereocenters. The number of sulfonamides is 1. The smallest absolute Gasteiger partial charge is 0.379 e. The molecule has 1 aliphatic rings. The molecule has 0 radical (unpaired) electrons. The molecule has 0 aliphatic carbocycles. The SMILES string of the molecule is CC(C)CN(c1cccc(C(F)(F)C(=O)O)c1)S(=O)(=O)c1ccc(OC[C@@H]2CN(C)c3ccccc3O2)cc1Cl. The van der Waals surface area contributed by atoms with Crippen molar-refractivity contribution in [1.82, 2.24) is 0 Å². The molecule has 214 valence electrons. The number of carbonyl (C=O) groups is 1. The van der Waals surface area contributed by atoms with Crippen molar-refractivity contribution in [1.29, 1.82) is 0 Å². The number of hydrogen-bond donors (Lipinski definition) is 1. The van der Waals surface area contributed by atoms with Crippen molar-refractivity contribution in [2.75, 3.05) is 35.9 Å². The Morgan fingerprint density at radius 2 is 1.90 bits per heavy atom. The zero-order valence-electron chi connectivity index (χ0n) is 22.1. The number of aliphatic carboxylic acids is 1. The minimum atomic E-state index is -4.33. The van der Waals surface area contributed by atoms with Crippen molar-refractivity contribution in [2.45, 2.75) is 30.8 Å². The van der Waals surface area contributed by atoms with Crippen molar-refractivity contribution in [3.63, 3.8) is 0 Å². The fourth-order valence-corrected chi connectivity index (χ4v) is 6.45. The molecule has 0 fully saturated rings. The molecule has 0 aromatic heterocycles. The summed E-state index contributed by atoms with van der Waals surface area (Å²) in [5.41, 5.74) is 0.0244. The molecule has 0 amide bonds. The number of fused-ring (bicyclic) bond motifs is 1. The van der Waals surface area contributed by atoms with Gasteiger partial charge in [-0.1, -0.05) is 49.7 Å². The Kier molecular flexibility index (Phi) is 8.46. The van der Waals surface area contributed by atoms with Crippen LogP contribution >= 0.6 is 11.6 Å². The highest BCUT2D eigenvalue weighted by atomic mass is 35.5. The van der Waals surface area contributed by atoms with E-state index < -0.39 is 27.5 Å². The Morgan fingerprint density at radius 3 is 2.58 bits per heavy atom. The first kappa shape index (κ1) is 29.4. The van der Waals surface area contributed by atoms with Gasteiger partial charge in [0.25, 0.3) is 10.0 Å². The van der Waals surface area contributed by atoms with Crippen LogP contribution in [0.2, 0.25) is 5.02 Å². The molecule has 1 heterocycles. The fraction of sp³-hybridized carbons (Fsp3) is 0.321. The second-order valence-corrected chi connectivity index (χ2v) is 12.1. The van der Waals surface area contributed by atoms with Gasteiger partial charge in [0.1, 0.15) is 29.1 Å². The van der Waals surface area contributed by atoms with E-state index in [0.717, 1.165) is 27.9 Å². The largest absolute Gasteiger partial charge is 0.490 e. The predicted octanol–water partition coefficient (Wildman–Crippen LogP) is 5.64. The maximum absolute atomic E-state index is 14.2. The summed E-state index contributed by atoms with van der Waals surface area (Å²) in [6, 6.07) is 16.1. The zero-order valence-corrected chi connectivity index (χ0v) is 23.6. The van der Waals surface area contributed by atoms with Crippen molar-refractivity contribution in [3.8, 4) is 11.5 Å². The molecule has 3 aromatic rings. The fourth-order valence-electron chi connectivity index (χ4n) is 4.32. The molecule has 12 heteroatoms. The highest BCUT2D eigenvalue weighted by molar-refractivity contribution is 7.93. The van der Waals surface area contributed by atoms with Gasteiger partial charge in [0.15, 0.2) is 0 Å². The van der Waals surface area contributed by atoms with Crippen LogP contribution in [-0.2, 0) is 20.7 Å². The molecule has 40 heavy (non-hydrogen) atoms. The average Bonchev–Trinajstić information content (AvgIpc) is 2.90. The Balaban J connectivity index is 1.57. The second-order valence-electron chi connectivity index (χ2n) is 9.85. The van der Waals surface area contributed by atoms with Crippen LogP contribution in [0, 0.1) is 5.92 Å². The molecule has 1 N–H and O–H groups in total. The van der Waals surface area contributed by atoms with Crippen LogP contribution in [0.1, 0.15) is 19.4 Å². The van der Waals surface area contributed by atoms with Gasteiger partial charge in [-0.15, -0.1) is 0 Å². The molecule has 3 aromatic carbocycles. The lowest BCUT2D eigenvalue weighted by Gasteiger charge is -2.33. The number of carboxylic acid groups (broad SMARTS) is 1. The lowest BCUT2D eigenvalue weighted by molar-refractivity contribution is -0.166. The highest BCUT2D eigenvalue weighted by Crippen LogP contribution is 2.36. The van der Waals surface area contributed by atoms with Crippen molar-refractivity contribution >= 4 is 39.0 Å². The summed E-state index contributed by atoms with van der Waals surface area (Å²) in [5.74, 6) is -5.67. The molecule has 1 aliphatic heterocycles. The molecule has 0 saturated heterocycles. The number of hydrogen-bond acceptors (Lipinski definition) is 6. The number of anilines is 2. The number of benzene rings is 3. The van der Waals surface area contributed by atoms with Crippen LogP contribution in [0.15, 0.2) is 71.6 Å². The van der Waals surface area contributed by atoms with Gasteiger partial charge in [0, 0.05) is 25.2 Å². The van der Waals surface area contributed by atoms with E-state index in [1.165, 1.54) is 30.3 Å². The van der Waals surface area contributed by atoms with Crippen LogP contribution < -0.4 is 18.7 Å². The average molecular weight is 595 g/mol. The second kappa shape index (κ2) is 11.5. The molecule has 0 bridgehead atoms. The third kappa shape index (κ3) is 6.10. The number of carboxylic acids is 1. The van der Waals surface area contributed by atoms with Crippen LogP contribution in [0.5, 0.6) is 11.5 Å². The predicted molar refractivity (Wildman–Crippen MR) is 148 cm³/mol. The third-order valence-electron chi connectivity index (χ3n) is 6.25. The summed E-state index contributed by atoms with van der Waals surface area (Å²) < 4.78 is 68.7. The topological polar surface area (TPSA) is 96.4 Å². The van der Waals surface area contributed by atoms with E-state index in [1.54, 1.807) is 13.8 Å². The lowest BCUT2D eigenvalue weighted by Crippen LogP contribution is -2.41. The molecular weight excluding hydrogens is 566 g/mol. The number of rotatable bonds is 10. The summed E-state index contributed by atoms with van der Waals surface area (Å²) in [4.78, 5) is 12.9. The summed E-state index contributed by atoms with van der Waals surface area (Å²) in [5, 5.41) is 8.81. The molecule has 1 atom stereocenters. The number of halogens is 3. The van der Waals surface area contributed by atoms with E-state index >= 15 is 0 Å². The molecule has 0 saturated carbocycles. The van der Waals surface area contributed by atoms with Crippen LogP contribution in [0.4, 0.5) is 20.2 Å². The number of nitrogens with zero attached hydrogens (tertiary/aromatic N) is 2. The first-order chi connectivity index (χ1) is 18.8. The van der Waals surface area contributed by atoms with Crippen molar-refractivity contribution < 1.29 is 36.6 Å². The van der Waals surface area contributed by atoms with Crippen LogP contribution in [0.3, 0.4) is 0 Å². The first-order valence-corrected chi connectivity index (χ1v) is 14.3. The van der Waals surface area contributed by atoms with Crippen LogP contribution in [-0.4, -0.2) is 52.3 Å². The lowest BCUT2D eigenvalue weighted by atomic mass is 10.1. The van der Waals surface area contributed by atoms with E-state index in [-0.39, 0.29) is 40.8 Å². The Bertz CT molecular complexity index is 1500. The molecule has 8 nitrogen and oxygen atoms in total. The first-order valence-electron chi connectivity index (χ1n) is 12.4. The van der Waals surface area contributed by atoms with Gasteiger partial charge < -0.3 is 19.5 Å². The number of ether oxygens (including phenoxy) is 2. The van der Waals surface area contributed by atoms with Crippen molar-refractivity contribution in [2.24, 2.45) is 5.92 Å². The maximum atomic E-state index is 14.2.